The molecule has 0 unspecified atom stereocenters. The summed E-state index contributed by atoms with van der Waals surface area (Å²) in [7, 11) is 0. The van der Waals surface area contributed by atoms with Crippen LogP contribution in [0.3, 0.4) is 0 Å². The molecule has 3 rings (SSSR count). The SMILES string of the molecule is CCCc1nc(Cc2ccccc2C)nc2c1CNCC2. The zero-order valence-electron chi connectivity index (χ0n) is 12.9. The van der Waals surface area contributed by atoms with Gasteiger partial charge in [0.05, 0.1) is 5.69 Å². The van der Waals surface area contributed by atoms with Gasteiger partial charge >= 0.3 is 0 Å². The second-order valence-corrected chi connectivity index (χ2v) is 5.79. The molecule has 3 heteroatoms. The van der Waals surface area contributed by atoms with Crippen molar-refractivity contribution in [3.63, 3.8) is 0 Å². The van der Waals surface area contributed by atoms with Crippen LogP contribution in [0.2, 0.25) is 0 Å². The molecule has 0 fully saturated rings. The highest BCUT2D eigenvalue weighted by Crippen LogP contribution is 2.19. The Morgan fingerprint density at radius 2 is 2.05 bits per heavy atom. The molecular weight excluding hydrogens is 258 g/mol. The summed E-state index contributed by atoms with van der Waals surface area (Å²) in [5.41, 5.74) is 6.50. The molecule has 0 bridgehead atoms. The lowest BCUT2D eigenvalue weighted by Gasteiger charge is -2.20. The van der Waals surface area contributed by atoms with Crippen LogP contribution in [0.4, 0.5) is 0 Å². The second kappa shape index (κ2) is 6.35. The van der Waals surface area contributed by atoms with Crippen LogP contribution in [0.5, 0.6) is 0 Å². The van der Waals surface area contributed by atoms with Gasteiger partial charge in [0.25, 0.3) is 0 Å². The zero-order valence-corrected chi connectivity index (χ0v) is 12.9. The number of nitrogens with zero attached hydrogens (tertiary/aromatic N) is 2. The van der Waals surface area contributed by atoms with Gasteiger partial charge in [-0.3, -0.25) is 0 Å². The first-order valence-electron chi connectivity index (χ1n) is 7.90. The summed E-state index contributed by atoms with van der Waals surface area (Å²) in [6.07, 6.45) is 4.04. The molecule has 0 aliphatic carbocycles. The minimum Gasteiger partial charge on any atom is -0.312 e. The molecule has 0 atom stereocenters. The van der Waals surface area contributed by atoms with Crippen molar-refractivity contribution in [3.8, 4) is 0 Å². The third kappa shape index (κ3) is 3.13. The Labute approximate surface area is 126 Å². The van der Waals surface area contributed by atoms with Crippen LogP contribution in [0.25, 0.3) is 0 Å². The van der Waals surface area contributed by atoms with E-state index in [4.69, 9.17) is 9.97 Å². The summed E-state index contributed by atoms with van der Waals surface area (Å²) in [5.74, 6) is 0.980. The minimum atomic E-state index is 0.837. The second-order valence-electron chi connectivity index (χ2n) is 5.79. The first kappa shape index (κ1) is 14.2. The summed E-state index contributed by atoms with van der Waals surface area (Å²) < 4.78 is 0. The Hall–Kier alpha value is -1.74. The van der Waals surface area contributed by atoms with Crippen molar-refractivity contribution in [2.45, 2.75) is 46.1 Å². The Bertz CT molecular complexity index is 634. The van der Waals surface area contributed by atoms with E-state index in [2.05, 4.69) is 43.4 Å². The van der Waals surface area contributed by atoms with E-state index < -0.39 is 0 Å². The monoisotopic (exact) mass is 281 g/mol. The number of benzene rings is 1. The van der Waals surface area contributed by atoms with E-state index in [9.17, 15) is 0 Å². The third-order valence-corrected chi connectivity index (χ3v) is 4.16. The van der Waals surface area contributed by atoms with E-state index in [0.717, 1.165) is 44.6 Å². The van der Waals surface area contributed by atoms with Crippen molar-refractivity contribution in [2.75, 3.05) is 6.54 Å². The fourth-order valence-electron chi connectivity index (χ4n) is 2.97. The maximum atomic E-state index is 4.86. The average molecular weight is 281 g/mol. The van der Waals surface area contributed by atoms with Gasteiger partial charge in [0.2, 0.25) is 0 Å². The normalized spacial score (nSPS) is 14.0. The Morgan fingerprint density at radius 3 is 2.86 bits per heavy atom. The maximum Gasteiger partial charge on any atom is 0.133 e. The smallest absolute Gasteiger partial charge is 0.133 e. The summed E-state index contributed by atoms with van der Waals surface area (Å²) in [4.78, 5) is 9.70. The van der Waals surface area contributed by atoms with Gasteiger partial charge in [0.1, 0.15) is 5.82 Å². The molecule has 1 aromatic carbocycles. The minimum absolute atomic E-state index is 0.837. The van der Waals surface area contributed by atoms with Gasteiger partial charge in [-0.05, 0) is 24.5 Å². The summed E-state index contributed by atoms with van der Waals surface area (Å²) >= 11 is 0. The Balaban J connectivity index is 1.95. The summed E-state index contributed by atoms with van der Waals surface area (Å²) in [5, 5.41) is 3.44. The molecule has 110 valence electrons. The zero-order chi connectivity index (χ0) is 14.7. The number of rotatable bonds is 4. The van der Waals surface area contributed by atoms with Crippen LogP contribution in [0.15, 0.2) is 24.3 Å². The number of hydrogen-bond donors (Lipinski definition) is 1. The van der Waals surface area contributed by atoms with Crippen molar-refractivity contribution in [1.82, 2.24) is 15.3 Å². The topological polar surface area (TPSA) is 37.8 Å². The fraction of sp³-hybridized carbons (Fsp3) is 0.444. The standard InChI is InChI=1S/C18H23N3/c1-3-6-16-15-12-19-10-9-17(15)21-18(20-16)11-14-8-5-4-7-13(14)2/h4-5,7-8,19H,3,6,9-12H2,1-2H3. The predicted octanol–water partition coefficient (Wildman–Crippen LogP) is 2.97. The van der Waals surface area contributed by atoms with Crippen LogP contribution in [-0.2, 0) is 25.8 Å². The largest absolute Gasteiger partial charge is 0.312 e. The van der Waals surface area contributed by atoms with Gasteiger partial charge in [-0.2, -0.15) is 0 Å². The summed E-state index contributed by atoms with van der Waals surface area (Å²) in [6.45, 7) is 6.32. The molecule has 1 aliphatic rings. The van der Waals surface area contributed by atoms with Crippen molar-refractivity contribution in [2.24, 2.45) is 0 Å². The van der Waals surface area contributed by atoms with E-state index in [1.807, 2.05) is 0 Å². The molecule has 0 saturated carbocycles. The molecule has 0 saturated heterocycles. The van der Waals surface area contributed by atoms with Gasteiger partial charge in [-0.25, -0.2) is 9.97 Å². The quantitative estimate of drug-likeness (QED) is 0.936. The van der Waals surface area contributed by atoms with E-state index in [-0.39, 0.29) is 0 Å². The molecule has 2 aromatic rings. The van der Waals surface area contributed by atoms with Crippen molar-refractivity contribution in [1.29, 1.82) is 0 Å². The highest BCUT2D eigenvalue weighted by molar-refractivity contribution is 5.32. The Morgan fingerprint density at radius 1 is 1.19 bits per heavy atom. The highest BCUT2D eigenvalue weighted by atomic mass is 14.9. The number of aromatic nitrogens is 2. The molecule has 3 nitrogen and oxygen atoms in total. The van der Waals surface area contributed by atoms with E-state index in [1.54, 1.807) is 0 Å². The fourth-order valence-corrected chi connectivity index (χ4v) is 2.97. The van der Waals surface area contributed by atoms with Gasteiger partial charge < -0.3 is 5.32 Å². The molecular formula is C18H23N3. The van der Waals surface area contributed by atoms with Crippen LogP contribution in [0.1, 0.15) is 47.2 Å². The van der Waals surface area contributed by atoms with Crippen LogP contribution < -0.4 is 5.32 Å². The van der Waals surface area contributed by atoms with Gasteiger partial charge in [0, 0.05) is 37.2 Å². The predicted molar refractivity (Wildman–Crippen MR) is 85.4 cm³/mol. The van der Waals surface area contributed by atoms with Crippen molar-refractivity contribution < 1.29 is 0 Å². The highest BCUT2D eigenvalue weighted by Gasteiger charge is 2.17. The van der Waals surface area contributed by atoms with Crippen LogP contribution >= 0.6 is 0 Å². The number of hydrogen-bond acceptors (Lipinski definition) is 3. The van der Waals surface area contributed by atoms with Gasteiger partial charge in [-0.15, -0.1) is 0 Å². The first-order chi connectivity index (χ1) is 10.3. The maximum absolute atomic E-state index is 4.86. The Kier molecular flexibility index (Phi) is 4.30. The van der Waals surface area contributed by atoms with Crippen LogP contribution in [-0.4, -0.2) is 16.5 Å². The van der Waals surface area contributed by atoms with E-state index >= 15 is 0 Å². The third-order valence-electron chi connectivity index (χ3n) is 4.16. The van der Waals surface area contributed by atoms with Gasteiger partial charge in [-0.1, -0.05) is 37.6 Å². The number of fused-ring (bicyclic) bond motifs is 1. The van der Waals surface area contributed by atoms with E-state index in [1.165, 1.54) is 28.1 Å². The number of nitrogens with one attached hydrogen (secondary N) is 1. The molecule has 0 radical (unpaired) electrons. The first-order valence-corrected chi connectivity index (χ1v) is 7.90. The van der Waals surface area contributed by atoms with E-state index in [0.29, 0.717) is 0 Å². The molecule has 2 heterocycles. The molecule has 21 heavy (non-hydrogen) atoms. The molecule has 1 N–H and O–H groups in total. The average Bonchev–Trinajstić information content (AvgIpc) is 2.50. The number of aryl methyl sites for hydroxylation is 2. The lowest BCUT2D eigenvalue weighted by atomic mass is 10.0. The van der Waals surface area contributed by atoms with Crippen molar-refractivity contribution in [3.05, 3.63) is 58.2 Å². The summed E-state index contributed by atoms with van der Waals surface area (Å²) in [6, 6.07) is 8.52. The van der Waals surface area contributed by atoms with Gasteiger partial charge in [0.15, 0.2) is 0 Å². The molecule has 0 amide bonds. The molecule has 1 aromatic heterocycles. The lowest BCUT2D eigenvalue weighted by Crippen LogP contribution is -2.27. The van der Waals surface area contributed by atoms with Crippen LogP contribution in [0, 0.1) is 6.92 Å². The molecule has 0 spiro atoms. The lowest BCUT2D eigenvalue weighted by molar-refractivity contribution is 0.608. The van der Waals surface area contributed by atoms with Crippen molar-refractivity contribution >= 4 is 0 Å². The molecule has 1 aliphatic heterocycles.